The number of carbonyl (C=O) groups excluding carboxylic acids is 2. The number of nitrogens with one attached hydrogen (secondary N) is 1. The van der Waals surface area contributed by atoms with Gasteiger partial charge in [0.1, 0.15) is 6.04 Å². The van der Waals surface area contributed by atoms with Crippen molar-refractivity contribution in [1.29, 1.82) is 0 Å². The molecule has 0 fully saturated rings. The molecule has 0 aromatic heterocycles. The molecule has 0 saturated heterocycles. The molecule has 6 nitrogen and oxygen atoms in total. The molecule has 1 rings (SSSR count). The first-order valence-corrected chi connectivity index (χ1v) is 12.0. The molecule has 0 heterocycles. The normalized spacial score (nSPS) is 16.4. The number of benzene rings is 1. The molecular weight excluding hydrogens is 404 g/mol. The van der Waals surface area contributed by atoms with Crippen molar-refractivity contribution >= 4 is 11.9 Å². The van der Waals surface area contributed by atoms with E-state index in [1.807, 2.05) is 71.9 Å². The number of esters is 2. The maximum atomic E-state index is 12.9. The summed E-state index contributed by atoms with van der Waals surface area (Å²) in [7, 11) is 0. The van der Waals surface area contributed by atoms with Crippen LogP contribution in [0, 0.1) is 23.7 Å². The van der Waals surface area contributed by atoms with Crippen LogP contribution in [-0.4, -0.2) is 41.8 Å². The molecule has 0 aliphatic rings. The van der Waals surface area contributed by atoms with Gasteiger partial charge in [-0.2, -0.15) is 0 Å². The van der Waals surface area contributed by atoms with E-state index in [-0.39, 0.29) is 18.3 Å². The standard InChI is InChI=1S/C26H44N2O4/c1-7-19(6)24(28-14-13-20-11-9-8-10-12-20)26(31)32-25(30)21(18(4)5)16-23(29)22(27)15-17(2)3/h8-12,17-19,21-24,28-29H,7,13-16,27H2,1-6H3/t19-,21-,22-,23-,24-/m0/s1. The second kappa shape index (κ2) is 14.4. The molecule has 4 N–H and O–H groups in total. The highest BCUT2D eigenvalue weighted by Gasteiger charge is 2.33. The fraction of sp³-hybridized carbons (Fsp3) is 0.692. The second-order valence-electron chi connectivity index (χ2n) is 9.74. The maximum Gasteiger partial charge on any atom is 0.331 e. The van der Waals surface area contributed by atoms with Gasteiger partial charge in [0.25, 0.3) is 0 Å². The fourth-order valence-electron chi connectivity index (χ4n) is 3.78. The van der Waals surface area contributed by atoms with E-state index in [9.17, 15) is 14.7 Å². The molecule has 0 bridgehead atoms. The summed E-state index contributed by atoms with van der Waals surface area (Å²) < 4.78 is 5.33. The monoisotopic (exact) mass is 448 g/mol. The first-order valence-electron chi connectivity index (χ1n) is 12.0. The van der Waals surface area contributed by atoms with Crippen LogP contribution in [0.2, 0.25) is 0 Å². The fourth-order valence-corrected chi connectivity index (χ4v) is 3.78. The number of hydrogen-bond donors (Lipinski definition) is 3. The Hall–Kier alpha value is -1.76. The van der Waals surface area contributed by atoms with Crippen molar-refractivity contribution in [1.82, 2.24) is 5.32 Å². The predicted molar refractivity (Wildman–Crippen MR) is 129 cm³/mol. The van der Waals surface area contributed by atoms with E-state index in [1.54, 1.807) is 0 Å². The lowest BCUT2D eigenvalue weighted by Gasteiger charge is -2.27. The van der Waals surface area contributed by atoms with Crippen molar-refractivity contribution in [2.75, 3.05) is 6.54 Å². The lowest BCUT2D eigenvalue weighted by molar-refractivity contribution is -0.166. The molecule has 0 spiro atoms. The van der Waals surface area contributed by atoms with E-state index < -0.39 is 36.0 Å². The molecule has 5 atom stereocenters. The smallest absolute Gasteiger partial charge is 0.331 e. The van der Waals surface area contributed by atoms with Crippen LogP contribution in [0.1, 0.15) is 66.4 Å². The zero-order chi connectivity index (χ0) is 24.3. The zero-order valence-corrected chi connectivity index (χ0v) is 20.7. The van der Waals surface area contributed by atoms with Crippen LogP contribution < -0.4 is 11.1 Å². The number of carbonyl (C=O) groups is 2. The Morgan fingerprint density at radius 2 is 1.66 bits per heavy atom. The number of aliphatic hydroxyl groups is 1. The van der Waals surface area contributed by atoms with Crippen molar-refractivity contribution < 1.29 is 19.4 Å². The number of ether oxygens (including phenoxy) is 1. The first-order chi connectivity index (χ1) is 15.1. The Bertz CT molecular complexity index is 678. The molecular formula is C26H44N2O4. The summed E-state index contributed by atoms with van der Waals surface area (Å²) in [6.07, 6.45) is 1.60. The van der Waals surface area contributed by atoms with Crippen LogP contribution in [0.3, 0.4) is 0 Å². The Balaban J connectivity index is 2.74. The van der Waals surface area contributed by atoms with Gasteiger partial charge in [-0.3, -0.25) is 4.79 Å². The largest absolute Gasteiger partial charge is 0.392 e. The van der Waals surface area contributed by atoms with Crippen LogP contribution in [0.4, 0.5) is 0 Å². The van der Waals surface area contributed by atoms with Crippen LogP contribution >= 0.6 is 0 Å². The van der Waals surface area contributed by atoms with Gasteiger partial charge in [-0.1, -0.05) is 78.3 Å². The maximum absolute atomic E-state index is 12.9. The van der Waals surface area contributed by atoms with Crippen molar-refractivity contribution in [2.24, 2.45) is 29.4 Å². The van der Waals surface area contributed by atoms with Crippen LogP contribution in [0.25, 0.3) is 0 Å². The van der Waals surface area contributed by atoms with E-state index in [0.717, 1.165) is 12.8 Å². The average molecular weight is 449 g/mol. The Kier molecular flexibility index (Phi) is 12.7. The van der Waals surface area contributed by atoms with Crippen molar-refractivity contribution in [3.8, 4) is 0 Å². The Morgan fingerprint density at radius 1 is 1.03 bits per heavy atom. The molecule has 1 aromatic carbocycles. The second-order valence-corrected chi connectivity index (χ2v) is 9.74. The summed E-state index contributed by atoms with van der Waals surface area (Å²) in [6.45, 7) is 12.5. The van der Waals surface area contributed by atoms with Crippen molar-refractivity contribution in [2.45, 2.75) is 85.4 Å². The third-order valence-electron chi connectivity index (χ3n) is 6.13. The van der Waals surface area contributed by atoms with E-state index in [2.05, 4.69) is 5.32 Å². The Morgan fingerprint density at radius 3 is 2.19 bits per heavy atom. The van der Waals surface area contributed by atoms with Crippen LogP contribution in [0.15, 0.2) is 30.3 Å². The van der Waals surface area contributed by atoms with Crippen LogP contribution in [-0.2, 0) is 20.7 Å². The molecule has 0 amide bonds. The quantitative estimate of drug-likeness (QED) is 0.296. The summed E-state index contributed by atoms with van der Waals surface area (Å²) in [6, 6.07) is 9.07. The highest BCUT2D eigenvalue weighted by molar-refractivity contribution is 5.89. The third-order valence-corrected chi connectivity index (χ3v) is 6.13. The van der Waals surface area contributed by atoms with Crippen LogP contribution in [0.5, 0.6) is 0 Å². The SMILES string of the molecule is CC[C@H](C)[C@H](NCCc1ccccc1)C(=O)OC(=O)[C@@H](C[C@H](O)[C@@H](N)CC(C)C)C(C)C. The van der Waals surface area contributed by atoms with Gasteiger partial charge in [0, 0.05) is 6.04 Å². The highest BCUT2D eigenvalue weighted by atomic mass is 16.6. The molecule has 182 valence electrons. The van der Waals surface area contributed by atoms with Gasteiger partial charge < -0.3 is 20.9 Å². The molecule has 1 aromatic rings. The van der Waals surface area contributed by atoms with Gasteiger partial charge in [-0.15, -0.1) is 0 Å². The average Bonchev–Trinajstić information content (AvgIpc) is 2.74. The van der Waals surface area contributed by atoms with Crippen molar-refractivity contribution in [3.63, 3.8) is 0 Å². The highest BCUT2D eigenvalue weighted by Crippen LogP contribution is 2.22. The van der Waals surface area contributed by atoms with E-state index >= 15 is 0 Å². The lowest BCUT2D eigenvalue weighted by atomic mass is 9.86. The first kappa shape index (κ1) is 28.3. The molecule has 0 aliphatic carbocycles. The summed E-state index contributed by atoms with van der Waals surface area (Å²) >= 11 is 0. The number of hydrogen-bond acceptors (Lipinski definition) is 6. The van der Waals surface area contributed by atoms with E-state index in [0.29, 0.717) is 18.9 Å². The predicted octanol–water partition coefficient (Wildman–Crippen LogP) is 3.70. The number of aliphatic hydroxyl groups excluding tert-OH is 1. The molecule has 0 radical (unpaired) electrons. The third kappa shape index (κ3) is 9.80. The van der Waals surface area contributed by atoms with Gasteiger partial charge in [-0.25, -0.2) is 4.79 Å². The van der Waals surface area contributed by atoms with Crippen molar-refractivity contribution in [3.05, 3.63) is 35.9 Å². The molecule has 0 unspecified atom stereocenters. The van der Waals surface area contributed by atoms with Gasteiger partial charge >= 0.3 is 11.9 Å². The van der Waals surface area contributed by atoms with Gasteiger partial charge in [0.2, 0.25) is 0 Å². The van der Waals surface area contributed by atoms with Gasteiger partial charge in [0.05, 0.1) is 12.0 Å². The number of rotatable bonds is 14. The van der Waals surface area contributed by atoms with E-state index in [4.69, 9.17) is 10.5 Å². The summed E-state index contributed by atoms with van der Waals surface area (Å²) in [5.41, 5.74) is 7.28. The topological polar surface area (TPSA) is 102 Å². The summed E-state index contributed by atoms with van der Waals surface area (Å²) in [5.74, 6) is -1.43. The molecule has 32 heavy (non-hydrogen) atoms. The minimum atomic E-state index is -0.818. The molecule has 0 saturated carbocycles. The number of nitrogens with two attached hydrogens (primary N) is 1. The molecule has 0 aliphatic heterocycles. The summed E-state index contributed by atoms with van der Waals surface area (Å²) in [5, 5.41) is 13.8. The van der Waals surface area contributed by atoms with Gasteiger partial charge in [-0.05, 0) is 49.1 Å². The summed E-state index contributed by atoms with van der Waals surface area (Å²) in [4.78, 5) is 25.8. The van der Waals surface area contributed by atoms with E-state index in [1.165, 1.54) is 5.56 Å². The molecule has 6 heteroatoms. The minimum absolute atomic E-state index is 0.0219. The Labute approximate surface area is 194 Å². The zero-order valence-electron chi connectivity index (χ0n) is 20.7. The lowest BCUT2D eigenvalue weighted by Crippen LogP contribution is -2.46. The minimum Gasteiger partial charge on any atom is -0.392 e. The van der Waals surface area contributed by atoms with Gasteiger partial charge in [0.15, 0.2) is 0 Å².